The molecule has 2 nitrogen and oxygen atoms in total. The van der Waals surface area contributed by atoms with E-state index in [-0.39, 0.29) is 0 Å². The van der Waals surface area contributed by atoms with Crippen LogP contribution in [0.25, 0.3) is 0 Å². The van der Waals surface area contributed by atoms with Gasteiger partial charge in [0.2, 0.25) is 0 Å². The van der Waals surface area contributed by atoms with Crippen LogP contribution in [-0.2, 0) is 9.09 Å². The maximum absolute atomic E-state index is 10.0. The molecule has 1 atom stereocenters. The van der Waals surface area contributed by atoms with Crippen LogP contribution in [0.15, 0.2) is 0 Å². The maximum Gasteiger partial charge on any atom is 0.561 e. The Morgan fingerprint density at radius 3 is 2.43 bits per heavy atom. The molecule has 0 N–H and O–H groups in total. The minimum absolute atomic E-state index is 1.46. The third-order valence-electron chi connectivity index (χ3n) is 0.276. The van der Waals surface area contributed by atoms with Gasteiger partial charge in [0, 0.05) is 6.92 Å². The summed E-state index contributed by atoms with van der Waals surface area (Å²) >= 11 is 0. The predicted octanol–water partition coefficient (Wildman–Crippen LogP) is 1.36. The molecule has 0 aromatic carbocycles. The number of hydrogen-bond donors (Lipinski definition) is 0. The van der Waals surface area contributed by atoms with Gasteiger partial charge in [-0.1, -0.05) is 5.92 Å². The fourth-order valence-corrected chi connectivity index (χ4v) is 0.330. The van der Waals surface area contributed by atoms with Gasteiger partial charge in [0.1, 0.15) is 0 Å². The zero-order valence-corrected chi connectivity index (χ0v) is 5.16. The molecule has 0 bridgehead atoms. The van der Waals surface area contributed by atoms with Crippen molar-refractivity contribution in [2.75, 3.05) is 6.66 Å². The fraction of sp³-hybridized carbons (Fsp3) is 0.500. The largest absolute Gasteiger partial charge is 0.561 e. The third kappa shape index (κ3) is 5.46. The Hall–Kier alpha value is -0.540. The van der Waals surface area contributed by atoms with Gasteiger partial charge in [0.15, 0.2) is 12.8 Å². The Kier molecular flexibility index (Phi) is 3.36. The Morgan fingerprint density at radius 2 is 2.29 bits per heavy atom. The predicted molar refractivity (Wildman–Crippen MR) is 28.1 cm³/mol. The van der Waals surface area contributed by atoms with Gasteiger partial charge in [-0.05, 0) is 4.57 Å². The van der Waals surface area contributed by atoms with Crippen molar-refractivity contribution in [1.29, 1.82) is 0 Å². The van der Waals surface area contributed by atoms with Crippen LogP contribution in [0.5, 0.6) is 0 Å². The van der Waals surface area contributed by atoms with Crippen LogP contribution < -0.4 is 0 Å². The minimum Gasteiger partial charge on any atom is -0.198 e. The van der Waals surface area contributed by atoms with E-state index in [0.29, 0.717) is 0 Å². The zero-order chi connectivity index (χ0) is 5.70. The molecular formula is C4H6O2P+. The highest BCUT2D eigenvalue weighted by molar-refractivity contribution is 7.38. The van der Waals surface area contributed by atoms with E-state index < -0.39 is 8.03 Å². The molecule has 7 heavy (non-hydrogen) atoms. The van der Waals surface area contributed by atoms with Crippen molar-refractivity contribution in [2.45, 2.75) is 6.92 Å². The molecule has 0 aromatic heterocycles. The second-order valence-electron chi connectivity index (χ2n) is 0.883. The second kappa shape index (κ2) is 3.64. The number of rotatable bonds is 1. The Labute approximate surface area is 43.7 Å². The summed E-state index contributed by atoms with van der Waals surface area (Å²) in [4.78, 5) is 0. The minimum atomic E-state index is -1.53. The van der Waals surface area contributed by atoms with Gasteiger partial charge >= 0.3 is 8.03 Å². The van der Waals surface area contributed by atoms with E-state index in [2.05, 4.69) is 16.6 Å². The van der Waals surface area contributed by atoms with Crippen molar-refractivity contribution in [2.24, 2.45) is 0 Å². The van der Waals surface area contributed by atoms with Gasteiger partial charge in [-0.2, -0.15) is 4.52 Å². The topological polar surface area (TPSA) is 26.3 Å². The normalized spacial score (nSPS) is 8.57. The monoisotopic (exact) mass is 117 g/mol. The molecule has 0 saturated heterocycles. The van der Waals surface area contributed by atoms with Gasteiger partial charge in [0.05, 0.1) is 0 Å². The fourth-order valence-electron chi connectivity index (χ4n) is 0.110. The molecule has 1 unspecified atom stereocenters. The summed E-state index contributed by atoms with van der Waals surface area (Å²) in [6, 6.07) is 0. The lowest BCUT2D eigenvalue weighted by molar-refractivity contribution is 0.491. The molecule has 0 aliphatic rings. The zero-order valence-electron chi connectivity index (χ0n) is 4.26. The first kappa shape index (κ1) is 6.46. The molecule has 0 aliphatic carbocycles. The van der Waals surface area contributed by atoms with E-state index in [9.17, 15) is 4.57 Å². The van der Waals surface area contributed by atoms with Crippen LogP contribution in [0.4, 0.5) is 0 Å². The molecule has 0 radical (unpaired) electrons. The van der Waals surface area contributed by atoms with Crippen LogP contribution in [0.1, 0.15) is 6.92 Å². The SMILES string of the molecule is CC#CO[P+](C)=O. The van der Waals surface area contributed by atoms with Crippen molar-refractivity contribution in [3.05, 3.63) is 0 Å². The lowest BCUT2D eigenvalue weighted by Crippen LogP contribution is -1.59. The first-order chi connectivity index (χ1) is 3.27. The molecule has 38 valence electrons. The third-order valence-corrected chi connectivity index (χ3v) is 0.625. The van der Waals surface area contributed by atoms with E-state index in [0.717, 1.165) is 0 Å². The van der Waals surface area contributed by atoms with Gasteiger partial charge in [0.25, 0.3) is 0 Å². The van der Waals surface area contributed by atoms with Crippen LogP contribution in [0, 0.1) is 12.0 Å². The summed E-state index contributed by atoms with van der Waals surface area (Å²) in [7, 11) is -1.53. The van der Waals surface area contributed by atoms with Gasteiger partial charge in [-0.25, -0.2) is 0 Å². The van der Waals surface area contributed by atoms with E-state index in [4.69, 9.17) is 0 Å². The molecular weight excluding hydrogens is 111 g/mol. The average molecular weight is 117 g/mol. The first-order valence-corrected chi connectivity index (χ1v) is 3.39. The molecule has 0 fully saturated rings. The highest BCUT2D eigenvalue weighted by Gasteiger charge is 2.00. The molecule has 0 spiro atoms. The Balaban J connectivity index is 3.26. The second-order valence-corrected chi connectivity index (χ2v) is 1.94. The number of hydrogen-bond acceptors (Lipinski definition) is 2. The highest BCUT2D eigenvalue weighted by Crippen LogP contribution is 2.12. The Morgan fingerprint density at radius 1 is 1.71 bits per heavy atom. The van der Waals surface area contributed by atoms with Crippen molar-refractivity contribution in [3.63, 3.8) is 0 Å². The van der Waals surface area contributed by atoms with Crippen molar-refractivity contribution in [1.82, 2.24) is 0 Å². The molecule has 0 amide bonds. The van der Waals surface area contributed by atoms with Crippen LogP contribution in [-0.4, -0.2) is 6.66 Å². The summed E-state index contributed by atoms with van der Waals surface area (Å²) in [5.41, 5.74) is 0. The first-order valence-electron chi connectivity index (χ1n) is 1.77. The molecule has 0 aliphatic heterocycles. The summed E-state index contributed by atoms with van der Waals surface area (Å²) in [5, 5.41) is 0. The van der Waals surface area contributed by atoms with Crippen molar-refractivity contribution in [3.8, 4) is 12.0 Å². The van der Waals surface area contributed by atoms with Crippen LogP contribution in [0.3, 0.4) is 0 Å². The summed E-state index contributed by atoms with van der Waals surface area (Å²) in [5.74, 6) is 2.44. The smallest absolute Gasteiger partial charge is 0.198 e. The summed E-state index contributed by atoms with van der Waals surface area (Å²) in [6.07, 6.45) is 2.21. The highest BCUT2D eigenvalue weighted by atomic mass is 31.1. The lowest BCUT2D eigenvalue weighted by Gasteiger charge is -1.63. The van der Waals surface area contributed by atoms with Crippen molar-refractivity contribution < 1.29 is 9.09 Å². The maximum atomic E-state index is 10.0. The van der Waals surface area contributed by atoms with Crippen molar-refractivity contribution >= 4 is 8.03 Å². The van der Waals surface area contributed by atoms with Gasteiger partial charge in [-0.3, -0.25) is 0 Å². The van der Waals surface area contributed by atoms with Crippen LogP contribution >= 0.6 is 8.03 Å². The molecule has 3 heteroatoms. The van der Waals surface area contributed by atoms with Crippen LogP contribution in [0.2, 0.25) is 0 Å². The van der Waals surface area contributed by atoms with Gasteiger partial charge < -0.3 is 0 Å². The van der Waals surface area contributed by atoms with E-state index in [1.165, 1.54) is 6.66 Å². The van der Waals surface area contributed by atoms with E-state index in [1.807, 2.05) is 0 Å². The molecule has 0 heterocycles. The lowest BCUT2D eigenvalue weighted by atomic mass is 10.8. The standard InChI is InChI=1S/C4H6O2P/c1-3-4-6-7(2)5/h1-2H3/q+1. The quantitative estimate of drug-likeness (QED) is 0.382. The van der Waals surface area contributed by atoms with E-state index >= 15 is 0 Å². The molecule has 0 rings (SSSR count). The Bertz CT molecular complexity index is 119. The summed E-state index contributed by atoms with van der Waals surface area (Å²) in [6.45, 7) is 3.08. The molecule has 0 aromatic rings. The van der Waals surface area contributed by atoms with Gasteiger partial charge in [-0.15, -0.1) is 0 Å². The summed E-state index contributed by atoms with van der Waals surface area (Å²) < 4.78 is 14.4. The molecule has 0 saturated carbocycles. The van der Waals surface area contributed by atoms with E-state index in [1.54, 1.807) is 6.92 Å². The average Bonchev–Trinajstić information content (AvgIpc) is 1.61.